The molecule has 0 spiro atoms. The van der Waals surface area contributed by atoms with Crippen molar-refractivity contribution in [1.29, 1.82) is 0 Å². The molecule has 23 heavy (non-hydrogen) atoms. The number of amides is 3. The summed E-state index contributed by atoms with van der Waals surface area (Å²) in [6, 6.07) is 5.48. The van der Waals surface area contributed by atoms with Crippen LogP contribution in [0, 0.1) is 0 Å². The molecular formula is C17H23N3O3. The van der Waals surface area contributed by atoms with Gasteiger partial charge in [-0.3, -0.25) is 4.79 Å². The number of hydrogen-bond donors (Lipinski definition) is 2. The fourth-order valence-corrected chi connectivity index (χ4v) is 3.19. The SMILES string of the molecule is CC(=O)N1CCCc2cc(NC(=O)NC[C@@H]3CCCO3)ccc21. The summed E-state index contributed by atoms with van der Waals surface area (Å²) in [5.74, 6) is 0.0564. The van der Waals surface area contributed by atoms with Crippen LogP contribution in [0.4, 0.5) is 16.2 Å². The number of carbonyl (C=O) groups is 2. The Morgan fingerprint density at radius 1 is 1.35 bits per heavy atom. The van der Waals surface area contributed by atoms with Gasteiger partial charge in [0.15, 0.2) is 0 Å². The largest absolute Gasteiger partial charge is 0.376 e. The molecule has 0 unspecified atom stereocenters. The molecule has 2 N–H and O–H groups in total. The number of nitrogens with zero attached hydrogens (tertiary/aromatic N) is 1. The molecule has 1 saturated heterocycles. The molecule has 0 bridgehead atoms. The van der Waals surface area contributed by atoms with Gasteiger partial charge in [0.25, 0.3) is 0 Å². The average Bonchev–Trinajstić information content (AvgIpc) is 3.05. The highest BCUT2D eigenvalue weighted by atomic mass is 16.5. The number of benzene rings is 1. The summed E-state index contributed by atoms with van der Waals surface area (Å²) in [6.45, 7) is 3.66. The van der Waals surface area contributed by atoms with Gasteiger partial charge in [-0.05, 0) is 49.4 Å². The molecule has 0 radical (unpaired) electrons. The minimum Gasteiger partial charge on any atom is -0.376 e. The Kier molecular flexibility index (Phi) is 4.81. The van der Waals surface area contributed by atoms with Gasteiger partial charge in [0.2, 0.25) is 5.91 Å². The molecule has 0 saturated carbocycles. The number of ether oxygens (including phenoxy) is 1. The first kappa shape index (κ1) is 15.8. The zero-order valence-corrected chi connectivity index (χ0v) is 13.4. The molecule has 1 atom stereocenters. The summed E-state index contributed by atoms with van der Waals surface area (Å²) < 4.78 is 5.48. The maximum absolute atomic E-state index is 12.0. The highest BCUT2D eigenvalue weighted by Crippen LogP contribution is 2.29. The van der Waals surface area contributed by atoms with Crippen LogP contribution in [-0.4, -0.2) is 37.7 Å². The van der Waals surface area contributed by atoms with E-state index in [2.05, 4.69) is 10.6 Å². The van der Waals surface area contributed by atoms with Crippen LogP contribution in [0.2, 0.25) is 0 Å². The number of carbonyl (C=O) groups excluding carboxylic acids is 2. The van der Waals surface area contributed by atoms with E-state index < -0.39 is 0 Å². The van der Waals surface area contributed by atoms with E-state index in [-0.39, 0.29) is 18.0 Å². The molecule has 2 aliphatic heterocycles. The third kappa shape index (κ3) is 3.82. The van der Waals surface area contributed by atoms with E-state index in [1.807, 2.05) is 18.2 Å². The molecule has 0 aromatic heterocycles. The quantitative estimate of drug-likeness (QED) is 0.898. The molecule has 2 heterocycles. The molecule has 3 amide bonds. The van der Waals surface area contributed by atoms with Crippen LogP contribution in [0.1, 0.15) is 31.7 Å². The van der Waals surface area contributed by atoms with Gasteiger partial charge in [0, 0.05) is 38.0 Å². The molecule has 1 fully saturated rings. The highest BCUT2D eigenvalue weighted by Gasteiger charge is 2.20. The normalized spacial score (nSPS) is 20.0. The number of anilines is 2. The Morgan fingerprint density at radius 2 is 2.22 bits per heavy atom. The van der Waals surface area contributed by atoms with Crippen LogP contribution in [0.15, 0.2) is 18.2 Å². The molecular weight excluding hydrogens is 294 g/mol. The van der Waals surface area contributed by atoms with Crippen molar-refractivity contribution in [2.24, 2.45) is 0 Å². The van der Waals surface area contributed by atoms with Crippen LogP contribution in [0.25, 0.3) is 0 Å². The maximum Gasteiger partial charge on any atom is 0.319 e. The summed E-state index contributed by atoms with van der Waals surface area (Å²) in [6.07, 6.45) is 4.06. The van der Waals surface area contributed by atoms with Crippen LogP contribution in [-0.2, 0) is 16.0 Å². The third-order valence-corrected chi connectivity index (χ3v) is 4.35. The van der Waals surface area contributed by atoms with E-state index in [1.54, 1.807) is 11.8 Å². The summed E-state index contributed by atoms with van der Waals surface area (Å²) in [5, 5.41) is 5.69. The summed E-state index contributed by atoms with van der Waals surface area (Å²) >= 11 is 0. The number of hydrogen-bond acceptors (Lipinski definition) is 3. The van der Waals surface area contributed by atoms with E-state index in [0.717, 1.165) is 55.8 Å². The van der Waals surface area contributed by atoms with E-state index in [4.69, 9.17) is 4.74 Å². The predicted molar refractivity (Wildman–Crippen MR) is 88.8 cm³/mol. The lowest BCUT2D eigenvalue weighted by Gasteiger charge is -2.29. The van der Waals surface area contributed by atoms with Crippen molar-refractivity contribution < 1.29 is 14.3 Å². The van der Waals surface area contributed by atoms with E-state index in [1.165, 1.54) is 0 Å². The second-order valence-corrected chi connectivity index (χ2v) is 6.09. The van der Waals surface area contributed by atoms with Gasteiger partial charge >= 0.3 is 6.03 Å². The number of fused-ring (bicyclic) bond motifs is 1. The maximum atomic E-state index is 12.0. The Morgan fingerprint density at radius 3 is 2.96 bits per heavy atom. The Labute approximate surface area is 136 Å². The fourth-order valence-electron chi connectivity index (χ4n) is 3.19. The second-order valence-electron chi connectivity index (χ2n) is 6.09. The highest BCUT2D eigenvalue weighted by molar-refractivity contribution is 5.94. The number of urea groups is 1. The zero-order valence-electron chi connectivity index (χ0n) is 13.4. The molecule has 124 valence electrons. The van der Waals surface area contributed by atoms with E-state index >= 15 is 0 Å². The van der Waals surface area contributed by atoms with Crippen molar-refractivity contribution >= 4 is 23.3 Å². The van der Waals surface area contributed by atoms with Gasteiger partial charge < -0.3 is 20.3 Å². The standard InChI is InChI=1S/C17H23N3O3/c1-12(21)20-8-2-4-13-10-14(6-7-16(13)20)19-17(22)18-11-15-5-3-9-23-15/h6-7,10,15H,2-5,8-9,11H2,1H3,(H2,18,19,22)/t15-/m0/s1. The fraction of sp³-hybridized carbons (Fsp3) is 0.529. The van der Waals surface area contributed by atoms with E-state index in [0.29, 0.717) is 6.54 Å². The van der Waals surface area contributed by atoms with Crippen molar-refractivity contribution in [3.8, 4) is 0 Å². The van der Waals surface area contributed by atoms with Gasteiger partial charge in [-0.15, -0.1) is 0 Å². The summed E-state index contributed by atoms with van der Waals surface area (Å²) in [4.78, 5) is 25.4. The van der Waals surface area contributed by atoms with Gasteiger partial charge in [-0.2, -0.15) is 0 Å². The van der Waals surface area contributed by atoms with Gasteiger partial charge in [0.05, 0.1) is 6.10 Å². The lowest BCUT2D eigenvalue weighted by atomic mass is 10.0. The predicted octanol–water partition coefficient (Wildman–Crippen LogP) is 2.29. The zero-order chi connectivity index (χ0) is 16.2. The molecule has 3 rings (SSSR count). The topological polar surface area (TPSA) is 70.7 Å². The van der Waals surface area contributed by atoms with Gasteiger partial charge in [0.1, 0.15) is 0 Å². The average molecular weight is 317 g/mol. The van der Waals surface area contributed by atoms with Crippen molar-refractivity contribution in [3.63, 3.8) is 0 Å². The van der Waals surface area contributed by atoms with Crippen molar-refractivity contribution in [3.05, 3.63) is 23.8 Å². The number of nitrogens with one attached hydrogen (secondary N) is 2. The first-order chi connectivity index (χ1) is 11.1. The first-order valence-electron chi connectivity index (χ1n) is 8.21. The summed E-state index contributed by atoms with van der Waals surface area (Å²) in [5.41, 5.74) is 2.80. The second kappa shape index (κ2) is 7.00. The number of aryl methyl sites for hydroxylation is 1. The Balaban J connectivity index is 1.60. The molecule has 2 aliphatic rings. The minimum atomic E-state index is -0.223. The lowest BCUT2D eigenvalue weighted by molar-refractivity contribution is -0.116. The third-order valence-electron chi connectivity index (χ3n) is 4.35. The smallest absolute Gasteiger partial charge is 0.319 e. The van der Waals surface area contributed by atoms with Crippen LogP contribution in [0.5, 0.6) is 0 Å². The Bertz CT molecular complexity index is 597. The van der Waals surface area contributed by atoms with Crippen molar-refractivity contribution in [2.45, 2.75) is 38.7 Å². The van der Waals surface area contributed by atoms with Crippen molar-refractivity contribution in [2.75, 3.05) is 29.9 Å². The lowest BCUT2D eigenvalue weighted by Crippen LogP contribution is -2.35. The molecule has 0 aliphatic carbocycles. The number of rotatable bonds is 3. The van der Waals surface area contributed by atoms with Gasteiger partial charge in [-0.1, -0.05) is 0 Å². The van der Waals surface area contributed by atoms with Crippen LogP contribution < -0.4 is 15.5 Å². The monoisotopic (exact) mass is 317 g/mol. The van der Waals surface area contributed by atoms with Crippen molar-refractivity contribution in [1.82, 2.24) is 5.32 Å². The summed E-state index contributed by atoms with van der Waals surface area (Å²) in [7, 11) is 0. The van der Waals surface area contributed by atoms with Crippen LogP contribution >= 0.6 is 0 Å². The van der Waals surface area contributed by atoms with Gasteiger partial charge in [-0.25, -0.2) is 4.79 Å². The molecule has 6 nitrogen and oxygen atoms in total. The Hall–Kier alpha value is -2.08. The molecule has 6 heteroatoms. The van der Waals surface area contributed by atoms with Crippen LogP contribution in [0.3, 0.4) is 0 Å². The molecule has 1 aromatic rings. The minimum absolute atomic E-state index is 0.0564. The molecule has 1 aromatic carbocycles. The first-order valence-corrected chi connectivity index (χ1v) is 8.21. The van der Waals surface area contributed by atoms with E-state index in [9.17, 15) is 9.59 Å².